The molecular formula is C9H11ClO2. The highest BCUT2D eigenvalue weighted by molar-refractivity contribution is 6.23. The average molecular weight is 187 g/mol. The summed E-state index contributed by atoms with van der Waals surface area (Å²) in [5.74, 6) is 0.311. The second kappa shape index (κ2) is 2.49. The Kier molecular flexibility index (Phi) is 1.69. The van der Waals surface area contributed by atoms with Gasteiger partial charge in [-0.05, 0) is 18.8 Å². The third-order valence-corrected chi connectivity index (χ3v) is 3.47. The number of rotatable bonds is 1. The van der Waals surface area contributed by atoms with E-state index in [0.717, 1.165) is 12.8 Å². The Labute approximate surface area is 76.5 Å². The highest BCUT2D eigenvalue weighted by Gasteiger charge is 2.53. The van der Waals surface area contributed by atoms with Crippen molar-refractivity contribution in [2.45, 2.75) is 18.2 Å². The normalized spacial score (nSPS) is 43.5. The van der Waals surface area contributed by atoms with E-state index < -0.39 is 5.41 Å². The second-order valence-corrected chi connectivity index (χ2v) is 4.09. The van der Waals surface area contributed by atoms with Crippen LogP contribution in [0.15, 0.2) is 12.2 Å². The zero-order valence-corrected chi connectivity index (χ0v) is 7.67. The Morgan fingerprint density at radius 1 is 1.75 bits per heavy atom. The van der Waals surface area contributed by atoms with E-state index in [4.69, 9.17) is 16.3 Å². The van der Waals surface area contributed by atoms with Crippen LogP contribution in [0.5, 0.6) is 0 Å². The summed E-state index contributed by atoms with van der Waals surface area (Å²) >= 11 is 6.09. The minimum atomic E-state index is -0.499. The molecule has 0 aromatic rings. The van der Waals surface area contributed by atoms with Gasteiger partial charge in [0, 0.05) is 0 Å². The van der Waals surface area contributed by atoms with Gasteiger partial charge in [0.15, 0.2) is 0 Å². The van der Waals surface area contributed by atoms with Crippen LogP contribution < -0.4 is 0 Å². The Bertz CT molecular complexity index is 249. The van der Waals surface area contributed by atoms with Crippen molar-refractivity contribution >= 4 is 17.6 Å². The van der Waals surface area contributed by atoms with Crippen molar-refractivity contribution in [3.05, 3.63) is 12.2 Å². The molecule has 1 fully saturated rings. The van der Waals surface area contributed by atoms with Crippen molar-refractivity contribution in [1.29, 1.82) is 0 Å². The molecule has 3 unspecified atom stereocenters. The van der Waals surface area contributed by atoms with Gasteiger partial charge in [0.2, 0.25) is 0 Å². The van der Waals surface area contributed by atoms with Crippen molar-refractivity contribution in [1.82, 2.24) is 0 Å². The highest BCUT2D eigenvalue weighted by Crippen LogP contribution is 2.52. The molecule has 0 saturated heterocycles. The molecule has 2 rings (SSSR count). The summed E-state index contributed by atoms with van der Waals surface area (Å²) in [5, 5.41) is -0.0695. The number of allylic oxidation sites excluding steroid dienone is 1. The molecule has 0 spiro atoms. The molecule has 2 nitrogen and oxygen atoms in total. The lowest BCUT2D eigenvalue weighted by molar-refractivity contribution is -0.149. The first kappa shape index (κ1) is 8.11. The maximum atomic E-state index is 11.4. The van der Waals surface area contributed by atoms with E-state index in [1.807, 2.05) is 6.08 Å². The van der Waals surface area contributed by atoms with Crippen LogP contribution in [0.4, 0.5) is 0 Å². The van der Waals surface area contributed by atoms with E-state index in [9.17, 15) is 4.79 Å². The lowest BCUT2D eigenvalue weighted by Crippen LogP contribution is -2.34. The monoisotopic (exact) mass is 186 g/mol. The number of hydrogen-bond acceptors (Lipinski definition) is 2. The Morgan fingerprint density at radius 2 is 2.50 bits per heavy atom. The summed E-state index contributed by atoms with van der Waals surface area (Å²) in [6, 6.07) is 0. The largest absolute Gasteiger partial charge is 0.468 e. The van der Waals surface area contributed by atoms with Crippen LogP contribution in [0.3, 0.4) is 0 Å². The van der Waals surface area contributed by atoms with E-state index in [2.05, 4.69) is 6.08 Å². The molecule has 3 atom stereocenters. The van der Waals surface area contributed by atoms with Crippen LogP contribution in [0.2, 0.25) is 0 Å². The number of carbonyl (C=O) groups excluding carboxylic acids is 1. The van der Waals surface area contributed by atoms with Crippen LogP contribution in [-0.2, 0) is 9.53 Å². The van der Waals surface area contributed by atoms with E-state index in [1.165, 1.54) is 7.11 Å². The van der Waals surface area contributed by atoms with Crippen molar-refractivity contribution in [3.8, 4) is 0 Å². The first-order valence-electron chi connectivity index (χ1n) is 4.11. The Balaban J connectivity index is 2.31. The summed E-state index contributed by atoms with van der Waals surface area (Å²) in [7, 11) is 1.42. The molecule has 2 aliphatic carbocycles. The van der Waals surface area contributed by atoms with Gasteiger partial charge in [-0.2, -0.15) is 0 Å². The number of halogens is 1. The predicted molar refractivity (Wildman–Crippen MR) is 46.0 cm³/mol. The molecule has 3 heteroatoms. The van der Waals surface area contributed by atoms with Crippen LogP contribution in [0.25, 0.3) is 0 Å². The molecule has 2 bridgehead atoms. The van der Waals surface area contributed by atoms with Gasteiger partial charge in [0.05, 0.1) is 12.5 Å². The summed E-state index contributed by atoms with van der Waals surface area (Å²) in [5.41, 5.74) is -0.499. The zero-order valence-electron chi connectivity index (χ0n) is 6.92. The fourth-order valence-electron chi connectivity index (χ4n) is 2.22. The van der Waals surface area contributed by atoms with Gasteiger partial charge in [-0.15, -0.1) is 11.6 Å². The molecule has 0 aliphatic heterocycles. The lowest BCUT2D eigenvalue weighted by Gasteiger charge is -2.24. The topological polar surface area (TPSA) is 26.3 Å². The summed E-state index contributed by atoms with van der Waals surface area (Å²) < 4.78 is 4.75. The fraction of sp³-hybridized carbons (Fsp3) is 0.667. The molecule has 12 heavy (non-hydrogen) atoms. The number of esters is 1. The van der Waals surface area contributed by atoms with Crippen molar-refractivity contribution in [2.24, 2.45) is 11.3 Å². The molecule has 0 heterocycles. The fourth-order valence-corrected chi connectivity index (χ4v) is 2.70. The molecule has 0 amide bonds. The van der Waals surface area contributed by atoms with Crippen LogP contribution in [0.1, 0.15) is 12.8 Å². The van der Waals surface area contributed by atoms with Crippen LogP contribution in [-0.4, -0.2) is 18.5 Å². The molecule has 66 valence electrons. The zero-order chi connectivity index (χ0) is 8.77. The molecule has 1 saturated carbocycles. The van der Waals surface area contributed by atoms with Gasteiger partial charge in [-0.3, -0.25) is 4.79 Å². The maximum Gasteiger partial charge on any atom is 0.317 e. The minimum absolute atomic E-state index is 0.0695. The molecule has 0 radical (unpaired) electrons. The van der Waals surface area contributed by atoms with E-state index in [0.29, 0.717) is 5.92 Å². The van der Waals surface area contributed by atoms with Gasteiger partial charge in [0.1, 0.15) is 5.41 Å². The third-order valence-electron chi connectivity index (χ3n) is 2.90. The third kappa shape index (κ3) is 0.845. The number of ether oxygens (including phenoxy) is 1. The van der Waals surface area contributed by atoms with Gasteiger partial charge in [0.25, 0.3) is 0 Å². The first-order chi connectivity index (χ1) is 5.69. The van der Waals surface area contributed by atoms with Crippen molar-refractivity contribution in [3.63, 3.8) is 0 Å². The number of fused-ring (bicyclic) bond motifs is 2. The lowest BCUT2D eigenvalue weighted by atomic mass is 9.87. The van der Waals surface area contributed by atoms with E-state index in [-0.39, 0.29) is 11.3 Å². The number of carbonyl (C=O) groups is 1. The maximum absolute atomic E-state index is 11.4. The van der Waals surface area contributed by atoms with E-state index >= 15 is 0 Å². The average Bonchev–Trinajstić information content (AvgIpc) is 2.60. The minimum Gasteiger partial charge on any atom is -0.468 e. The van der Waals surface area contributed by atoms with Gasteiger partial charge >= 0.3 is 5.97 Å². The van der Waals surface area contributed by atoms with E-state index in [1.54, 1.807) is 0 Å². The van der Waals surface area contributed by atoms with Crippen LogP contribution >= 0.6 is 11.6 Å². The first-order valence-corrected chi connectivity index (χ1v) is 4.54. The SMILES string of the molecule is COC(=O)C12C=CC(CC1Cl)C2. The van der Waals surface area contributed by atoms with Crippen LogP contribution in [0, 0.1) is 11.3 Å². The molecule has 0 aromatic carbocycles. The second-order valence-electron chi connectivity index (χ2n) is 3.56. The number of alkyl halides is 1. The molecule has 0 aromatic heterocycles. The summed E-state index contributed by atoms with van der Waals surface area (Å²) in [6.45, 7) is 0. The smallest absolute Gasteiger partial charge is 0.317 e. The summed E-state index contributed by atoms with van der Waals surface area (Å²) in [4.78, 5) is 11.4. The van der Waals surface area contributed by atoms with Crippen molar-refractivity contribution in [2.75, 3.05) is 7.11 Å². The number of hydrogen-bond donors (Lipinski definition) is 0. The molecule has 0 N–H and O–H groups in total. The highest BCUT2D eigenvalue weighted by atomic mass is 35.5. The predicted octanol–water partition coefficient (Wildman–Crippen LogP) is 1.73. The Hall–Kier alpha value is -0.500. The molecule has 2 aliphatic rings. The quantitative estimate of drug-likeness (QED) is 0.354. The van der Waals surface area contributed by atoms with Gasteiger partial charge < -0.3 is 4.74 Å². The van der Waals surface area contributed by atoms with Gasteiger partial charge in [-0.25, -0.2) is 0 Å². The van der Waals surface area contributed by atoms with Crippen molar-refractivity contribution < 1.29 is 9.53 Å². The molecular weight excluding hydrogens is 176 g/mol. The standard InChI is InChI=1S/C9H11ClO2/c1-12-8(11)9-3-2-6(5-9)4-7(9)10/h2-3,6-7H,4-5H2,1H3. The van der Waals surface area contributed by atoms with Gasteiger partial charge in [-0.1, -0.05) is 12.2 Å². The summed E-state index contributed by atoms with van der Waals surface area (Å²) in [6.07, 6.45) is 5.75. The Morgan fingerprint density at radius 3 is 2.92 bits per heavy atom. The number of methoxy groups -OCH3 is 1.